The second kappa shape index (κ2) is 8.43. The Labute approximate surface area is 141 Å². The average Bonchev–Trinajstić information content (AvgIpc) is 2.57. The van der Waals surface area contributed by atoms with E-state index in [1.165, 1.54) is 23.5 Å². The van der Waals surface area contributed by atoms with Crippen LogP contribution in [0, 0.1) is 0 Å². The molecule has 134 valence electrons. The van der Waals surface area contributed by atoms with E-state index in [1.807, 2.05) is 0 Å². The van der Waals surface area contributed by atoms with Gasteiger partial charge in [0.25, 0.3) is 0 Å². The van der Waals surface area contributed by atoms with Crippen LogP contribution in [0.25, 0.3) is 0 Å². The van der Waals surface area contributed by atoms with Gasteiger partial charge in [-0.25, -0.2) is 8.42 Å². The SMILES string of the molecule is CCOc1ccc(S(=O)(=O)N2CCOCC2)cc1NC(=O)COC. The normalized spacial score (nSPS) is 15.9. The lowest BCUT2D eigenvalue weighted by molar-refractivity contribution is -0.119. The number of sulfonamides is 1. The number of hydrogen-bond acceptors (Lipinski definition) is 6. The van der Waals surface area contributed by atoms with E-state index >= 15 is 0 Å². The zero-order valence-electron chi connectivity index (χ0n) is 13.8. The molecule has 0 spiro atoms. The molecule has 1 amide bonds. The van der Waals surface area contributed by atoms with Gasteiger partial charge in [-0.05, 0) is 25.1 Å². The minimum Gasteiger partial charge on any atom is -0.492 e. The fourth-order valence-corrected chi connectivity index (χ4v) is 3.74. The molecule has 1 aromatic carbocycles. The van der Waals surface area contributed by atoms with Gasteiger partial charge in [-0.2, -0.15) is 4.31 Å². The monoisotopic (exact) mass is 358 g/mol. The fraction of sp³-hybridized carbons (Fsp3) is 0.533. The highest BCUT2D eigenvalue weighted by molar-refractivity contribution is 7.89. The third kappa shape index (κ3) is 4.44. The zero-order valence-corrected chi connectivity index (χ0v) is 14.6. The Kier molecular flexibility index (Phi) is 6.55. The van der Waals surface area contributed by atoms with Crippen molar-refractivity contribution in [2.24, 2.45) is 0 Å². The van der Waals surface area contributed by atoms with Crippen LogP contribution in [0.5, 0.6) is 5.75 Å². The highest BCUT2D eigenvalue weighted by atomic mass is 32.2. The van der Waals surface area contributed by atoms with Crippen molar-refractivity contribution in [1.29, 1.82) is 0 Å². The molecule has 0 saturated carbocycles. The van der Waals surface area contributed by atoms with E-state index in [1.54, 1.807) is 13.0 Å². The van der Waals surface area contributed by atoms with E-state index < -0.39 is 10.0 Å². The molecule has 0 bridgehead atoms. The number of carbonyl (C=O) groups excluding carboxylic acids is 1. The Hall–Kier alpha value is -1.68. The molecule has 0 aromatic heterocycles. The average molecular weight is 358 g/mol. The van der Waals surface area contributed by atoms with Crippen LogP contribution < -0.4 is 10.1 Å². The van der Waals surface area contributed by atoms with Crippen molar-refractivity contribution in [3.63, 3.8) is 0 Å². The number of anilines is 1. The molecule has 1 aromatic rings. The maximum atomic E-state index is 12.7. The van der Waals surface area contributed by atoms with E-state index in [2.05, 4.69) is 5.32 Å². The van der Waals surface area contributed by atoms with Crippen LogP contribution in [0.4, 0.5) is 5.69 Å². The van der Waals surface area contributed by atoms with Gasteiger partial charge in [-0.1, -0.05) is 0 Å². The first-order valence-electron chi connectivity index (χ1n) is 7.62. The van der Waals surface area contributed by atoms with Crippen LogP contribution in [-0.4, -0.2) is 65.3 Å². The number of rotatable bonds is 7. The number of methoxy groups -OCH3 is 1. The molecule has 8 nitrogen and oxygen atoms in total. The van der Waals surface area contributed by atoms with Gasteiger partial charge >= 0.3 is 0 Å². The molecule has 0 atom stereocenters. The molecule has 1 aliphatic rings. The van der Waals surface area contributed by atoms with Gasteiger partial charge in [-0.15, -0.1) is 0 Å². The fourth-order valence-electron chi connectivity index (χ4n) is 2.30. The summed E-state index contributed by atoms with van der Waals surface area (Å²) in [6, 6.07) is 4.42. The third-order valence-electron chi connectivity index (χ3n) is 3.41. The van der Waals surface area contributed by atoms with Crippen LogP contribution in [0.1, 0.15) is 6.92 Å². The lowest BCUT2D eigenvalue weighted by atomic mass is 10.3. The van der Waals surface area contributed by atoms with E-state index in [4.69, 9.17) is 14.2 Å². The zero-order chi connectivity index (χ0) is 17.6. The lowest BCUT2D eigenvalue weighted by Gasteiger charge is -2.26. The first-order chi connectivity index (χ1) is 11.5. The van der Waals surface area contributed by atoms with E-state index in [-0.39, 0.29) is 17.4 Å². The molecule has 1 heterocycles. The molecule has 1 N–H and O–H groups in total. The van der Waals surface area contributed by atoms with Gasteiger partial charge in [0.2, 0.25) is 15.9 Å². The maximum absolute atomic E-state index is 12.7. The molecule has 9 heteroatoms. The van der Waals surface area contributed by atoms with Crippen molar-refractivity contribution in [2.75, 3.05) is 51.9 Å². The van der Waals surface area contributed by atoms with Gasteiger partial charge in [0.15, 0.2) is 0 Å². The Balaban J connectivity index is 2.31. The van der Waals surface area contributed by atoms with Gasteiger partial charge in [0.1, 0.15) is 12.4 Å². The molecule has 0 aliphatic carbocycles. The van der Waals surface area contributed by atoms with Gasteiger partial charge in [0.05, 0.1) is 30.4 Å². The standard InChI is InChI=1S/C15H22N2O6S/c1-3-23-14-5-4-12(10-13(14)16-15(18)11-21-2)24(19,20)17-6-8-22-9-7-17/h4-5,10H,3,6-9,11H2,1-2H3,(H,16,18). The summed E-state index contributed by atoms with van der Waals surface area (Å²) in [5.41, 5.74) is 0.299. The van der Waals surface area contributed by atoms with Crippen LogP contribution in [0.3, 0.4) is 0 Å². The first-order valence-corrected chi connectivity index (χ1v) is 9.06. The molecular weight excluding hydrogens is 336 g/mol. The van der Waals surface area contributed by atoms with Crippen molar-refractivity contribution in [2.45, 2.75) is 11.8 Å². The summed E-state index contributed by atoms with van der Waals surface area (Å²) in [7, 11) is -2.24. The largest absolute Gasteiger partial charge is 0.492 e. The van der Waals surface area contributed by atoms with Crippen molar-refractivity contribution in [1.82, 2.24) is 4.31 Å². The van der Waals surface area contributed by atoms with Gasteiger partial charge in [0, 0.05) is 20.2 Å². The number of carbonyl (C=O) groups is 1. The summed E-state index contributed by atoms with van der Waals surface area (Å²) in [5.74, 6) is 0.0160. The topological polar surface area (TPSA) is 94.2 Å². The summed E-state index contributed by atoms with van der Waals surface area (Å²) >= 11 is 0. The maximum Gasteiger partial charge on any atom is 0.250 e. The Bertz CT molecular complexity index is 671. The van der Waals surface area contributed by atoms with Crippen molar-refractivity contribution in [3.05, 3.63) is 18.2 Å². The van der Waals surface area contributed by atoms with E-state index in [0.717, 1.165) is 0 Å². The minimum absolute atomic E-state index is 0.0977. The second-order valence-electron chi connectivity index (χ2n) is 5.09. The van der Waals surface area contributed by atoms with Crippen LogP contribution in [0.15, 0.2) is 23.1 Å². The predicted octanol–water partition coefficient (Wildman–Crippen LogP) is 0.691. The third-order valence-corrected chi connectivity index (χ3v) is 5.30. The number of nitrogens with zero attached hydrogens (tertiary/aromatic N) is 1. The summed E-state index contributed by atoms with van der Waals surface area (Å²) in [6.07, 6.45) is 0. The van der Waals surface area contributed by atoms with Crippen molar-refractivity contribution >= 4 is 21.6 Å². The van der Waals surface area contributed by atoms with Crippen molar-refractivity contribution < 1.29 is 27.4 Å². The number of nitrogens with one attached hydrogen (secondary N) is 1. The number of hydrogen-bond donors (Lipinski definition) is 1. The smallest absolute Gasteiger partial charge is 0.250 e. The molecule has 0 unspecified atom stereocenters. The highest BCUT2D eigenvalue weighted by Gasteiger charge is 2.27. The van der Waals surface area contributed by atoms with Crippen LogP contribution in [-0.2, 0) is 24.3 Å². The molecule has 1 fully saturated rings. The van der Waals surface area contributed by atoms with Crippen LogP contribution >= 0.6 is 0 Å². The van der Waals surface area contributed by atoms with Crippen molar-refractivity contribution in [3.8, 4) is 5.75 Å². The summed E-state index contributed by atoms with van der Waals surface area (Å²) in [5, 5.41) is 2.62. The molecule has 1 saturated heterocycles. The Morgan fingerprint density at radius 1 is 1.33 bits per heavy atom. The van der Waals surface area contributed by atoms with Gasteiger partial charge in [-0.3, -0.25) is 4.79 Å². The highest BCUT2D eigenvalue weighted by Crippen LogP contribution is 2.29. The molecule has 1 aliphatic heterocycles. The number of benzene rings is 1. The summed E-state index contributed by atoms with van der Waals surface area (Å²) in [4.78, 5) is 11.9. The van der Waals surface area contributed by atoms with E-state index in [9.17, 15) is 13.2 Å². The summed E-state index contributed by atoms with van der Waals surface area (Å²) < 4.78 is 42.2. The lowest BCUT2D eigenvalue weighted by Crippen LogP contribution is -2.40. The predicted molar refractivity (Wildman–Crippen MR) is 87.7 cm³/mol. The minimum atomic E-state index is -3.65. The number of ether oxygens (including phenoxy) is 3. The molecular formula is C15H22N2O6S. The van der Waals surface area contributed by atoms with Crippen LogP contribution in [0.2, 0.25) is 0 Å². The second-order valence-corrected chi connectivity index (χ2v) is 7.03. The Morgan fingerprint density at radius 3 is 2.67 bits per heavy atom. The first kappa shape index (κ1) is 18.7. The number of morpholine rings is 1. The molecule has 24 heavy (non-hydrogen) atoms. The Morgan fingerprint density at radius 2 is 2.04 bits per heavy atom. The summed E-state index contributed by atoms with van der Waals surface area (Å²) in [6.45, 7) is 3.41. The van der Waals surface area contributed by atoms with E-state index in [0.29, 0.717) is 44.3 Å². The molecule has 0 radical (unpaired) electrons. The molecule has 2 rings (SSSR count). The number of amides is 1. The van der Waals surface area contributed by atoms with Gasteiger partial charge < -0.3 is 19.5 Å². The quantitative estimate of drug-likeness (QED) is 0.771.